The van der Waals surface area contributed by atoms with E-state index in [2.05, 4.69) is 25.7 Å². The largest absolute Gasteiger partial charge is 0.379 e. The molecule has 1 fully saturated rings. The van der Waals surface area contributed by atoms with Crippen molar-refractivity contribution in [1.82, 2.24) is 15.1 Å². The Morgan fingerprint density at radius 3 is 2.65 bits per heavy atom. The van der Waals surface area contributed by atoms with Crippen LogP contribution in [0.2, 0.25) is 0 Å². The summed E-state index contributed by atoms with van der Waals surface area (Å²) in [6.07, 6.45) is 1.69. The van der Waals surface area contributed by atoms with Crippen molar-refractivity contribution in [2.75, 3.05) is 43.5 Å². The smallest absolute Gasteiger partial charge is 0.275 e. The van der Waals surface area contributed by atoms with Gasteiger partial charge >= 0.3 is 0 Å². The molecule has 1 aromatic carbocycles. The van der Waals surface area contributed by atoms with E-state index in [1.54, 1.807) is 0 Å². The molecular formula is C17H20FN5O3. The Hall–Kier alpha value is -2.78. The van der Waals surface area contributed by atoms with E-state index in [-0.39, 0.29) is 11.6 Å². The summed E-state index contributed by atoms with van der Waals surface area (Å²) in [7, 11) is 0. The van der Waals surface area contributed by atoms with Crippen molar-refractivity contribution >= 4 is 23.2 Å². The lowest BCUT2D eigenvalue weighted by atomic mass is 10.2. The standard InChI is InChI=1S/C17H20FN5O3/c18-12-1-3-13(4-2-12)20-17(25)16-14(11-19-22-16)21-15(24)5-6-23-7-9-26-10-8-23/h1-4,11H,5-10H2,(H,19,22)(H,20,25)(H,21,24). The first kappa shape index (κ1) is 18.0. The van der Waals surface area contributed by atoms with Crippen LogP contribution in [0.3, 0.4) is 0 Å². The number of anilines is 2. The Bertz CT molecular complexity index is 756. The van der Waals surface area contributed by atoms with Gasteiger partial charge in [-0.05, 0) is 24.3 Å². The van der Waals surface area contributed by atoms with Gasteiger partial charge in [-0.25, -0.2) is 4.39 Å². The summed E-state index contributed by atoms with van der Waals surface area (Å²) >= 11 is 0. The summed E-state index contributed by atoms with van der Waals surface area (Å²) in [5.74, 6) is -1.07. The number of nitrogens with zero attached hydrogens (tertiary/aromatic N) is 2. The summed E-state index contributed by atoms with van der Waals surface area (Å²) in [6.45, 7) is 3.60. The molecule has 0 bridgehead atoms. The first-order valence-corrected chi connectivity index (χ1v) is 8.32. The van der Waals surface area contributed by atoms with Crippen molar-refractivity contribution < 1.29 is 18.7 Å². The number of carbonyl (C=O) groups excluding carboxylic acids is 2. The summed E-state index contributed by atoms with van der Waals surface area (Å²) in [5, 5.41) is 11.7. The van der Waals surface area contributed by atoms with Crippen molar-refractivity contribution in [3.8, 4) is 0 Å². The molecule has 8 nitrogen and oxygen atoms in total. The molecule has 1 saturated heterocycles. The number of rotatable bonds is 6. The molecule has 0 aliphatic carbocycles. The topological polar surface area (TPSA) is 99.3 Å². The minimum Gasteiger partial charge on any atom is -0.379 e. The van der Waals surface area contributed by atoms with Gasteiger partial charge in [0, 0.05) is 31.7 Å². The molecule has 2 heterocycles. The van der Waals surface area contributed by atoms with E-state index < -0.39 is 11.7 Å². The number of carbonyl (C=O) groups is 2. The lowest BCUT2D eigenvalue weighted by molar-refractivity contribution is -0.116. The second-order valence-electron chi connectivity index (χ2n) is 5.87. The highest BCUT2D eigenvalue weighted by Gasteiger charge is 2.17. The predicted octanol–water partition coefficient (Wildman–Crippen LogP) is 1.46. The van der Waals surface area contributed by atoms with E-state index in [4.69, 9.17) is 4.74 Å². The summed E-state index contributed by atoms with van der Waals surface area (Å²) in [5.41, 5.74) is 0.876. The average molecular weight is 361 g/mol. The molecule has 2 amide bonds. The zero-order valence-corrected chi connectivity index (χ0v) is 14.1. The third-order valence-electron chi connectivity index (χ3n) is 4.00. The number of morpholine rings is 1. The Balaban J connectivity index is 1.54. The maximum absolute atomic E-state index is 12.9. The number of aromatic nitrogens is 2. The molecule has 2 aromatic rings. The number of hydrogen-bond donors (Lipinski definition) is 3. The number of hydrogen-bond acceptors (Lipinski definition) is 5. The van der Waals surface area contributed by atoms with Gasteiger partial charge in [0.15, 0.2) is 0 Å². The number of nitrogens with one attached hydrogen (secondary N) is 3. The number of ether oxygens (including phenoxy) is 1. The molecule has 1 aliphatic heterocycles. The third kappa shape index (κ3) is 4.87. The number of benzene rings is 1. The van der Waals surface area contributed by atoms with Crippen LogP contribution in [0.15, 0.2) is 30.5 Å². The van der Waals surface area contributed by atoms with Gasteiger partial charge in [-0.2, -0.15) is 5.10 Å². The van der Waals surface area contributed by atoms with Crippen LogP contribution in [0.5, 0.6) is 0 Å². The lowest BCUT2D eigenvalue weighted by Gasteiger charge is -2.26. The predicted molar refractivity (Wildman–Crippen MR) is 93.4 cm³/mol. The van der Waals surface area contributed by atoms with Crippen LogP contribution in [0.4, 0.5) is 15.8 Å². The number of H-pyrrole nitrogens is 1. The zero-order chi connectivity index (χ0) is 18.4. The van der Waals surface area contributed by atoms with Gasteiger partial charge < -0.3 is 15.4 Å². The highest BCUT2D eigenvalue weighted by atomic mass is 19.1. The van der Waals surface area contributed by atoms with Crippen LogP contribution in [-0.4, -0.2) is 59.8 Å². The van der Waals surface area contributed by atoms with Gasteiger partial charge in [0.05, 0.1) is 25.1 Å². The van der Waals surface area contributed by atoms with Crippen molar-refractivity contribution in [3.05, 3.63) is 42.0 Å². The minimum atomic E-state index is -0.474. The second-order valence-corrected chi connectivity index (χ2v) is 5.87. The van der Waals surface area contributed by atoms with E-state index in [9.17, 15) is 14.0 Å². The van der Waals surface area contributed by atoms with Gasteiger partial charge in [-0.15, -0.1) is 0 Å². The maximum Gasteiger partial charge on any atom is 0.275 e. The molecule has 0 saturated carbocycles. The van der Waals surface area contributed by atoms with E-state index in [1.807, 2.05) is 0 Å². The van der Waals surface area contributed by atoms with E-state index >= 15 is 0 Å². The lowest BCUT2D eigenvalue weighted by Crippen LogP contribution is -2.38. The Kier molecular flexibility index (Phi) is 5.92. The SMILES string of the molecule is O=C(CCN1CCOCC1)Nc1cn[nH]c1C(=O)Nc1ccc(F)cc1. The fraction of sp³-hybridized carbons (Fsp3) is 0.353. The van der Waals surface area contributed by atoms with Crippen molar-refractivity contribution in [1.29, 1.82) is 0 Å². The van der Waals surface area contributed by atoms with Crippen LogP contribution in [-0.2, 0) is 9.53 Å². The van der Waals surface area contributed by atoms with Crippen LogP contribution >= 0.6 is 0 Å². The van der Waals surface area contributed by atoms with Gasteiger partial charge in [0.1, 0.15) is 11.5 Å². The molecule has 9 heteroatoms. The zero-order valence-electron chi connectivity index (χ0n) is 14.1. The average Bonchev–Trinajstić information content (AvgIpc) is 3.11. The van der Waals surface area contributed by atoms with Gasteiger partial charge in [0.2, 0.25) is 5.91 Å². The fourth-order valence-corrected chi connectivity index (χ4v) is 2.58. The van der Waals surface area contributed by atoms with Crippen molar-refractivity contribution in [2.24, 2.45) is 0 Å². The number of halogens is 1. The molecule has 0 spiro atoms. The quantitative estimate of drug-likeness (QED) is 0.723. The van der Waals surface area contributed by atoms with Gasteiger partial charge in [-0.1, -0.05) is 0 Å². The van der Waals surface area contributed by atoms with Crippen molar-refractivity contribution in [2.45, 2.75) is 6.42 Å². The molecule has 1 aliphatic rings. The fourth-order valence-electron chi connectivity index (χ4n) is 2.58. The minimum absolute atomic E-state index is 0.133. The molecule has 26 heavy (non-hydrogen) atoms. The number of aromatic amines is 1. The van der Waals surface area contributed by atoms with Crippen LogP contribution < -0.4 is 10.6 Å². The molecule has 0 unspecified atom stereocenters. The molecule has 3 N–H and O–H groups in total. The molecule has 3 rings (SSSR count). The van der Waals surface area contributed by atoms with Gasteiger partial charge in [-0.3, -0.25) is 19.6 Å². The number of amides is 2. The first-order chi connectivity index (χ1) is 12.6. The molecule has 138 valence electrons. The molecular weight excluding hydrogens is 341 g/mol. The molecule has 0 atom stereocenters. The third-order valence-corrected chi connectivity index (χ3v) is 4.00. The monoisotopic (exact) mass is 361 g/mol. The summed E-state index contributed by atoms with van der Waals surface area (Å²) < 4.78 is 18.2. The first-order valence-electron chi connectivity index (χ1n) is 8.32. The highest BCUT2D eigenvalue weighted by Crippen LogP contribution is 2.15. The van der Waals surface area contributed by atoms with Crippen LogP contribution in [0.1, 0.15) is 16.9 Å². The van der Waals surface area contributed by atoms with Crippen LogP contribution in [0.25, 0.3) is 0 Å². The van der Waals surface area contributed by atoms with Crippen LogP contribution in [0, 0.1) is 5.82 Å². The maximum atomic E-state index is 12.9. The normalized spacial score (nSPS) is 14.8. The van der Waals surface area contributed by atoms with E-state index in [0.717, 1.165) is 13.1 Å². The van der Waals surface area contributed by atoms with Crippen molar-refractivity contribution in [3.63, 3.8) is 0 Å². The Morgan fingerprint density at radius 2 is 1.92 bits per heavy atom. The Morgan fingerprint density at radius 1 is 1.19 bits per heavy atom. The Labute approximate surface area is 149 Å². The van der Waals surface area contributed by atoms with E-state index in [1.165, 1.54) is 30.5 Å². The second kappa shape index (κ2) is 8.54. The van der Waals surface area contributed by atoms with E-state index in [0.29, 0.717) is 37.6 Å². The molecule has 0 radical (unpaired) electrons. The summed E-state index contributed by atoms with van der Waals surface area (Å²) in [4.78, 5) is 26.6. The van der Waals surface area contributed by atoms with Gasteiger partial charge in [0.25, 0.3) is 5.91 Å². The highest BCUT2D eigenvalue weighted by molar-refractivity contribution is 6.08. The molecule has 1 aromatic heterocycles. The summed E-state index contributed by atoms with van der Waals surface area (Å²) in [6, 6.07) is 5.39.